The van der Waals surface area contributed by atoms with E-state index >= 15 is 0 Å². The summed E-state index contributed by atoms with van der Waals surface area (Å²) in [5.74, 6) is 0. The number of rotatable bonds is 3. The minimum absolute atomic E-state index is 0.00694. The predicted octanol–water partition coefficient (Wildman–Crippen LogP) is 2.21. The molecule has 0 aliphatic heterocycles. The second-order valence-corrected chi connectivity index (χ2v) is 5.31. The van der Waals surface area contributed by atoms with Crippen molar-refractivity contribution in [3.05, 3.63) is 55.4 Å². The molecule has 0 atom stereocenters. The number of nitrogens with zero attached hydrogens (tertiary/aromatic N) is 6. The Hall–Kier alpha value is -1.27. The van der Waals surface area contributed by atoms with E-state index in [4.69, 9.17) is 20.2 Å². The average molecular weight is 340 g/mol. The zero-order valence-electron chi connectivity index (χ0n) is 9.59. The van der Waals surface area contributed by atoms with Crippen LogP contribution in [0.3, 0.4) is 0 Å². The second kappa shape index (κ2) is 7.35. The van der Waals surface area contributed by atoms with Crippen LogP contribution >= 0.6 is 20.2 Å². The molecule has 9 heteroatoms. The Balaban J connectivity index is 0.000000408. The smallest absolute Gasteiger partial charge is 0.227 e. The molecule has 6 nitrogen and oxygen atoms in total. The molecule has 0 bridgehead atoms. The molecule has 0 radical (unpaired) electrons. The summed E-state index contributed by atoms with van der Waals surface area (Å²) in [6, 6.07) is 5.62. The van der Waals surface area contributed by atoms with E-state index in [9.17, 15) is 0 Å². The fraction of sp³-hybridized carbons (Fsp3) is 0.100. The van der Waals surface area contributed by atoms with Gasteiger partial charge in [-0.3, -0.25) is 0 Å². The standard InChI is InChI=1S/C10H10N6.2ClH.Mn/c1-4-11-14(7-1)10(15-8-2-5-12-15)16-9-3-6-13-16;;;/h1-10H;2*1H;/q;;;+2/p-2. The molecule has 0 aliphatic rings. The van der Waals surface area contributed by atoms with Crippen molar-refractivity contribution in [1.82, 2.24) is 29.3 Å². The van der Waals surface area contributed by atoms with Crippen LogP contribution in [-0.4, -0.2) is 29.3 Å². The van der Waals surface area contributed by atoms with E-state index < -0.39 is 0 Å². The van der Waals surface area contributed by atoms with Gasteiger partial charge in [0.25, 0.3) is 0 Å². The molecule has 0 saturated heterocycles. The molecule has 0 aromatic carbocycles. The van der Waals surface area contributed by atoms with Crippen LogP contribution in [-0.2, 0) is 13.1 Å². The van der Waals surface area contributed by atoms with E-state index in [2.05, 4.69) is 15.3 Å². The summed E-state index contributed by atoms with van der Waals surface area (Å²) in [5.41, 5.74) is 0. The normalized spacial score (nSPS) is 10.3. The van der Waals surface area contributed by atoms with Crippen LogP contribution < -0.4 is 0 Å². The predicted molar refractivity (Wildman–Crippen MR) is 68.2 cm³/mol. The van der Waals surface area contributed by atoms with Crippen LogP contribution in [0.4, 0.5) is 0 Å². The van der Waals surface area contributed by atoms with Crippen molar-refractivity contribution in [2.45, 2.75) is 6.29 Å². The monoisotopic (exact) mass is 339 g/mol. The molecule has 0 fully saturated rings. The molecular weight excluding hydrogens is 330 g/mol. The zero-order valence-corrected chi connectivity index (χ0v) is 12.3. The van der Waals surface area contributed by atoms with E-state index in [1.165, 1.54) is 0 Å². The summed E-state index contributed by atoms with van der Waals surface area (Å²) < 4.78 is 5.38. The number of hydrogen-bond donors (Lipinski definition) is 0. The van der Waals surface area contributed by atoms with Crippen LogP contribution in [0.15, 0.2) is 55.4 Å². The van der Waals surface area contributed by atoms with E-state index in [0.29, 0.717) is 0 Å². The third-order valence-electron chi connectivity index (χ3n) is 2.28. The second-order valence-electron chi connectivity index (χ2n) is 3.36. The van der Waals surface area contributed by atoms with Gasteiger partial charge < -0.3 is 0 Å². The van der Waals surface area contributed by atoms with Gasteiger partial charge in [-0.25, -0.2) is 14.0 Å². The van der Waals surface area contributed by atoms with Gasteiger partial charge in [-0.05, 0) is 18.2 Å². The van der Waals surface area contributed by atoms with Crippen molar-refractivity contribution in [2.75, 3.05) is 0 Å². The van der Waals surface area contributed by atoms with Crippen LogP contribution in [0.2, 0.25) is 0 Å². The Labute approximate surface area is 124 Å². The van der Waals surface area contributed by atoms with Gasteiger partial charge in [0, 0.05) is 37.2 Å². The third kappa shape index (κ3) is 3.61. The maximum atomic E-state index is 4.80. The molecule has 0 spiro atoms. The van der Waals surface area contributed by atoms with Crippen molar-refractivity contribution in [3.8, 4) is 0 Å². The Morgan fingerprint density at radius 3 is 1.26 bits per heavy atom. The maximum absolute atomic E-state index is 4.80. The minimum atomic E-state index is -0.194. The maximum Gasteiger partial charge on any atom is 0.238 e. The molecule has 0 N–H and O–H groups in total. The van der Waals surface area contributed by atoms with Crippen LogP contribution in [0.5, 0.6) is 0 Å². The van der Waals surface area contributed by atoms with Gasteiger partial charge in [0.2, 0.25) is 6.29 Å². The van der Waals surface area contributed by atoms with E-state index in [1.807, 2.05) is 36.8 Å². The van der Waals surface area contributed by atoms with E-state index in [-0.39, 0.29) is 19.4 Å². The van der Waals surface area contributed by atoms with Gasteiger partial charge in [0.1, 0.15) is 0 Å². The van der Waals surface area contributed by atoms with Gasteiger partial charge in [-0.2, -0.15) is 15.3 Å². The Bertz CT molecular complexity index is 469. The first-order valence-corrected chi connectivity index (χ1v) is 8.46. The molecule has 3 aromatic rings. The fourth-order valence-corrected chi connectivity index (χ4v) is 1.62. The summed E-state index contributed by atoms with van der Waals surface area (Å²) in [6.07, 6.45) is 10.7. The van der Waals surface area contributed by atoms with Crippen LogP contribution in [0.25, 0.3) is 0 Å². The van der Waals surface area contributed by atoms with E-state index in [1.54, 1.807) is 32.6 Å². The van der Waals surface area contributed by atoms with Crippen molar-refractivity contribution < 1.29 is 13.1 Å². The van der Waals surface area contributed by atoms with Crippen molar-refractivity contribution in [2.24, 2.45) is 0 Å². The average Bonchev–Trinajstić information content (AvgIpc) is 3.15. The summed E-state index contributed by atoms with van der Waals surface area (Å²) in [7, 11) is 9.59. The molecule has 0 unspecified atom stereocenters. The molecule has 3 heterocycles. The first-order chi connectivity index (χ1) is 9.36. The van der Waals surface area contributed by atoms with Gasteiger partial charge in [-0.15, -0.1) is 0 Å². The van der Waals surface area contributed by atoms with Gasteiger partial charge >= 0.3 is 33.3 Å². The number of hydrogen-bond acceptors (Lipinski definition) is 3. The van der Waals surface area contributed by atoms with Crippen molar-refractivity contribution in [1.29, 1.82) is 0 Å². The summed E-state index contributed by atoms with van der Waals surface area (Å²) in [5, 5.41) is 12.7. The Kier molecular flexibility index (Phi) is 5.47. The van der Waals surface area contributed by atoms with Gasteiger partial charge in [0.15, 0.2) is 0 Å². The minimum Gasteiger partial charge on any atom is -0.227 e. The largest absolute Gasteiger partial charge is 0.238 e. The summed E-state index contributed by atoms with van der Waals surface area (Å²) in [6.45, 7) is 0. The van der Waals surface area contributed by atoms with Crippen LogP contribution in [0, 0.1) is 0 Å². The molecule has 0 aliphatic carbocycles. The Morgan fingerprint density at radius 2 is 1.05 bits per heavy atom. The molecule has 3 aromatic heterocycles. The van der Waals surface area contributed by atoms with E-state index in [0.717, 1.165) is 0 Å². The quantitative estimate of drug-likeness (QED) is 0.687. The molecule has 0 amide bonds. The zero-order chi connectivity index (χ0) is 13.5. The Morgan fingerprint density at radius 1 is 0.737 bits per heavy atom. The number of halogens is 2. The summed E-state index contributed by atoms with van der Waals surface area (Å²) >= 11 is 0.00694. The van der Waals surface area contributed by atoms with Crippen LogP contribution in [0.1, 0.15) is 6.29 Å². The molecule has 0 saturated carbocycles. The van der Waals surface area contributed by atoms with Gasteiger partial charge in [-0.1, -0.05) is 0 Å². The SMILES string of the molecule is [Cl][Mn][Cl].c1cnn(C(n2cccn2)n2cccn2)c1. The first kappa shape index (κ1) is 14.1. The molecule has 101 valence electrons. The van der Waals surface area contributed by atoms with Gasteiger partial charge in [0.05, 0.1) is 0 Å². The van der Waals surface area contributed by atoms with Crippen molar-refractivity contribution >= 4 is 20.2 Å². The molecule has 3 rings (SSSR count). The topological polar surface area (TPSA) is 53.5 Å². The first-order valence-electron chi connectivity index (χ1n) is 5.21. The number of aromatic nitrogens is 6. The fourth-order valence-electron chi connectivity index (χ4n) is 1.62. The van der Waals surface area contributed by atoms with Crippen molar-refractivity contribution in [3.63, 3.8) is 0 Å². The molecular formula is C10H10Cl2MnN6. The third-order valence-corrected chi connectivity index (χ3v) is 2.28. The molecule has 19 heavy (non-hydrogen) atoms. The summed E-state index contributed by atoms with van der Waals surface area (Å²) in [4.78, 5) is 0.